The van der Waals surface area contributed by atoms with E-state index in [9.17, 15) is 0 Å². The summed E-state index contributed by atoms with van der Waals surface area (Å²) in [6.07, 6.45) is 6.59. The van der Waals surface area contributed by atoms with Gasteiger partial charge in [-0.25, -0.2) is 0 Å². The molecule has 0 aromatic carbocycles. The second-order valence-electron chi connectivity index (χ2n) is 4.28. The van der Waals surface area contributed by atoms with E-state index in [1.54, 1.807) is 0 Å². The number of unbranched alkanes of at least 4 members (excludes halogenated alkanes) is 2. The summed E-state index contributed by atoms with van der Waals surface area (Å²) in [5.41, 5.74) is 0. The monoisotopic (exact) mass is 199 g/mol. The summed E-state index contributed by atoms with van der Waals surface area (Å²) in [7, 11) is 0. The molecule has 0 aliphatic carbocycles. The van der Waals surface area contributed by atoms with Crippen LogP contribution in [-0.2, 0) is 4.74 Å². The Morgan fingerprint density at radius 3 is 2.86 bits per heavy atom. The Morgan fingerprint density at radius 1 is 1.29 bits per heavy atom. The number of hydrogen-bond donors (Lipinski definition) is 1. The first kappa shape index (κ1) is 12.0. The van der Waals surface area contributed by atoms with Crippen molar-refractivity contribution in [3.8, 4) is 0 Å². The lowest BCUT2D eigenvalue weighted by Crippen LogP contribution is -2.42. The maximum atomic E-state index is 5.55. The molecule has 84 valence electrons. The molecule has 0 aromatic rings. The van der Waals surface area contributed by atoms with E-state index in [2.05, 4.69) is 19.2 Å². The summed E-state index contributed by atoms with van der Waals surface area (Å²) in [5.74, 6) is 0.759. The van der Waals surface area contributed by atoms with E-state index >= 15 is 0 Å². The molecule has 1 rings (SSSR count). The Labute approximate surface area is 88.4 Å². The second kappa shape index (κ2) is 7.24. The van der Waals surface area contributed by atoms with E-state index in [0.29, 0.717) is 6.04 Å². The summed E-state index contributed by atoms with van der Waals surface area (Å²) in [4.78, 5) is 0. The summed E-state index contributed by atoms with van der Waals surface area (Å²) in [6.45, 7) is 7.47. The van der Waals surface area contributed by atoms with Gasteiger partial charge in [0.1, 0.15) is 0 Å². The number of hydrogen-bond acceptors (Lipinski definition) is 2. The van der Waals surface area contributed by atoms with E-state index in [-0.39, 0.29) is 0 Å². The molecule has 1 heterocycles. The third-order valence-electron chi connectivity index (χ3n) is 3.12. The Morgan fingerprint density at radius 2 is 2.14 bits per heavy atom. The van der Waals surface area contributed by atoms with Gasteiger partial charge in [-0.1, -0.05) is 33.1 Å². The van der Waals surface area contributed by atoms with E-state index in [1.807, 2.05) is 0 Å². The maximum Gasteiger partial charge on any atom is 0.0509 e. The van der Waals surface area contributed by atoms with Crippen LogP contribution in [0.4, 0.5) is 0 Å². The lowest BCUT2D eigenvalue weighted by Gasteiger charge is -2.32. The molecule has 0 amide bonds. The molecule has 0 aromatic heterocycles. The van der Waals surface area contributed by atoms with Crippen LogP contribution >= 0.6 is 0 Å². The van der Waals surface area contributed by atoms with Gasteiger partial charge in [0, 0.05) is 12.6 Å². The molecule has 1 N–H and O–H groups in total. The fourth-order valence-electron chi connectivity index (χ4n) is 2.27. The zero-order valence-electron chi connectivity index (χ0n) is 9.72. The van der Waals surface area contributed by atoms with Gasteiger partial charge in [0.05, 0.1) is 6.61 Å². The molecule has 0 spiro atoms. The van der Waals surface area contributed by atoms with Gasteiger partial charge in [-0.3, -0.25) is 0 Å². The summed E-state index contributed by atoms with van der Waals surface area (Å²) >= 11 is 0. The molecule has 2 unspecified atom stereocenters. The highest BCUT2D eigenvalue weighted by molar-refractivity contribution is 4.79. The first-order chi connectivity index (χ1) is 6.88. The van der Waals surface area contributed by atoms with Crippen molar-refractivity contribution in [1.29, 1.82) is 0 Å². The summed E-state index contributed by atoms with van der Waals surface area (Å²) in [5, 5.41) is 3.58. The predicted octanol–water partition coefficient (Wildman–Crippen LogP) is 2.58. The topological polar surface area (TPSA) is 21.3 Å². The normalized spacial score (nSPS) is 27.9. The fourth-order valence-corrected chi connectivity index (χ4v) is 2.27. The van der Waals surface area contributed by atoms with Crippen molar-refractivity contribution in [2.45, 2.75) is 52.0 Å². The Balaban J connectivity index is 2.22. The number of rotatable bonds is 6. The number of ether oxygens (including phenoxy) is 1. The SMILES string of the molecule is CCCCCC1COCCC1NCC. The van der Waals surface area contributed by atoms with E-state index in [4.69, 9.17) is 4.74 Å². The van der Waals surface area contributed by atoms with Crippen LogP contribution in [0.2, 0.25) is 0 Å². The minimum absolute atomic E-state index is 0.714. The van der Waals surface area contributed by atoms with Crippen LogP contribution in [0.5, 0.6) is 0 Å². The van der Waals surface area contributed by atoms with Crippen LogP contribution in [0, 0.1) is 5.92 Å². The summed E-state index contributed by atoms with van der Waals surface area (Å²) in [6, 6.07) is 0.714. The van der Waals surface area contributed by atoms with Crippen LogP contribution in [-0.4, -0.2) is 25.8 Å². The minimum atomic E-state index is 0.714. The van der Waals surface area contributed by atoms with Crippen molar-refractivity contribution in [3.63, 3.8) is 0 Å². The molecule has 1 saturated heterocycles. The highest BCUT2D eigenvalue weighted by Crippen LogP contribution is 2.20. The largest absolute Gasteiger partial charge is 0.381 e. The van der Waals surface area contributed by atoms with Crippen LogP contribution in [0.15, 0.2) is 0 Å². The molecule has 2 heteroatoms. The van der Waals surface area contributed by atoms with Crippen LogP contribution in [0.1, 0.15) is 46.0 Å². The molecule has 14 heavy (non-hydrogen) atoms. The standard InChI is InChI=1S/C12H25NO/c1-3-5-6-7-11-10-14-9-8-12(11)13-4-2/h11-13H,3-10H2,1-2H3. The zero-order valence-corrected chi connectivity index (χ0v) is 9.72. The van der Waals surface area contributed by atoms with Gasteiger partial charge < -0.3 is 10.1 Å². The molecule has 1 fully saturated rings. The fraction of sp³-hybridized carbons (Fsp3) is 1.00. The van der Waals surface area contributed by atoms with Gasteiger partial charge in [-0.2, -0.15) is 0 Å². The van der Waals surface area contributed by atoms with Gasteiger partial charge in [0.25, 0.3) is 0 Å². The van der Waals surface area contributed by atoms with Crippen molar-refractivity contribution in [2.24, 2.45) is 5.92 Å². The maximum absolute atomic E-state index is 5.55. The van der Waals surface area contributed by atoms with E-state index in [0.717, 1.165) is 25.7 Å². The third-order valence-corrected chi connectivity index (χ3v) is 3.12. The third kappa shape index (κ3) is 3.97. The molecule has 1 aliphatic heterocycles. The van der Waals surface area contributed by atoms with Gasteiger partial charge in [-0.05, 0) is 25.3 Å². The van der Waals surface area contributed by atoms with Crippen LogP contribution < -0.4 is 5.32 Å². The van der Waals surface area contributed by atoms with Crippen molar-refractivity contribution in [1.82, 2.24) is 5.32 Å². The van der Waals surface area contributed by atoms with Gasteiger partial charge in [0.2, 0.25) is 0 Å². The van der Waals surface area contributed by atoms with Crippen molar-refractivity contribution in [2.75, 3.05) is 19.8 Å². The smallest absolute Gasteiger partial charge is 0.0509 e. The quantitative estimate of drug-likeness (QED) is 0.664. The Bertz CT molecular complexity index is 136. The van der Waals surface area contributed by atoms with Crippen LogP contribution in [0.3, 0.4) is 0 Å². The first-order valence-corrected chi connectivity index (χ1v) is 6.19. The highest BCUT2D eigenvalue weighted by Gasteiger charge is 2.23. The number of nitrogens with one attached hydrogen (secondary N) is 1. The van der Waals surface area contributed by atoms with Gasteiger partial charge in [-0.15, -0.1) is 0 Å². The molecular formula is C12H25NO. The zero-order chi connectivity index (χ0) is 10.2. The highest BCUT2D eigenvalue weighted by atomic mass is 16.5. The molecule has 0 radical (unpaired) electrons. The molecule has 1 aliphatic rings. The molecule has 0 saturated carbocycles. The molecule has 2 atom stereocenters. The lowest BCUT2D eigenvalue weighted by atomic mass is 9.90. The first-order valence-electron chi connectivity index (χ1n) is 6.19. The van der Waals surface area contributed by atoms with Gasteiger partial charge >= 0.3 is 0 Å². The summed E-state index contributed by atoms with van der Waals surface area (Å²) < 4.78 is 5.55. The van der Waals surface area contributed by atoms with Crippen molar-refractivity contribution < 1.29 is 4.74 Å². The van der Waals surface area contributed by atoms with Gasteiger partial charge in [0.15, 0.2) is 0 Å². The average Bonchev–Trinajstić information content (AvgIpc) is 2.21. The van der Waals surface area contributed by atoms with E-state index in [1.165, 1.54) is 32.1 Å². The Hall–Kier alpha value is -0.0800. The Kier molecular flexibility index (Phi) is 6.20. The minimum Gasteiger partial charge on any atom is -0.381 e. The lowest BCUT2D eigenvalue weighted by molar-refractivity contribution is 0.0283. The van der Waals surface area contributed by atoms with Crippen molar-refractivity contribution >= 4 is 0 Å². The molecule has 2 nitrogen and oxygen atoms in total. The van der Waals surface area contributed by atoms with Crippen molar-refractivity contribution in [3.05, 3.63) is 0 Å². The van der Waals surface area contributed by atoms with E-state index < -0.39 is 0 Å². The second-order valence-corrected chi connectivity index (χ2v) is 4.28. The molecular weight excluding hydrogens is 174 g/mol. The average molecular weight is 199 g/mol. The molecule has 0 bridgehead atoms. The van der Waals surface area contributed by atoms with Crippen LogP contribution in [0.25, 0.3) is 0 Å². The predicted molar refractivity (Wildman–Crippen MR) is 60.5 cm³/mol.